The molecule has 0 saturated heterocycles. The smallest absolute Gasteiger partial charge is 0.249 e. The van der Waals surface area contributed by atoms with Crippen LogP contribution in [0.3, 0.4) is 0 Å². The summed E-state index contributed by atoms with van der Waals surface area (Å²) in [5, 5.41) is 2.88. The zero-order valence-electron chi connectivity index (χ0n) is 12.3. The molecule has 0 fully saturated rings. The molecule has 0 radical (unpaired) electrons. The average Bonchev–Trinajstić information content (AvgIpc) is 2.94. The highest BCUT2D eigenvalue weighted by molar-refractivity contribution is 7.13. The van der Waals surface area contributed by atoms with Gasteiger partial charge in [0, 0.05) is 34.0 Å². The van der Waals surface area contributed by atoms with Crippen LogP contribution in [-0.4, -0.2) is 15.9 Å². The molecule has 0 spiro atoms. The van der Waals surface area contributed by atoms with E-state index in [0.29, 0.717) is 5.56 Å². The molecule has 0 aliphatic carbocycles. The number of hydrogen-bond donors (Lipinski definition) is 1. The number of rotatable bonds is 3. The van der Waals surface area contributed by atoms with E-state index in [1.54, 1.807) is 23.6 Å². The maximum atomic E-state index is 11.8. The van der Waals surface area contributed by atoms with Crippen LogP contribution in [0, 0.1) is 13.8 Å². The second-order valence-corrected chi connectivity index (χ2v) is 5.93. The summed E-state index contributed by atoms with van der Waals surface area (Å²) in [6.07, 6.45) is 1.73. The quantitative estimate of drug-likeness (QED) is 0.804. The van der Waals surface area contributed by atoms with Crippen molar-refractivity contribution in [2.75, 3.05) is 0 Å². The minimum Gasteiger partial charge on any atom is -0.366 e. The number of benzene rings is 1. The lowest BCUT2D eigenvalue weighted by Gasteiger charge is -2.11. The van der Waals surface area contributed by atoms with Crippen molar-refractivity contribution in [3.8, 4) is 21.8 Å². The van der Waals surface area contributed by atoms with Gasteiger partial charge in [0.25, 0.3) is 0 Å². The summed E-state index contributed by atoms with van der Waals surface area (Å²) >= 11 is 1.56. The van der Waals surface area contributed by atoms with Crippen molar-refractivity contribution in [1.82, 2.24) is 9.97 Å². The van der Waals surface area contributed by atoms with Gasteiger partial charge >= 0.3 is 0 Å². The third kappa shape index (κ3) is 2.63. The van der Waals surface area contributed by atoms with Gasteiger partial charge in [-0.15, -0.1) is 11.3 Å². The predicted molar refractivity (Wildman–Crippen MR) is 88.8 cm³/mol. The molecule has 0 saturated carbocycles. The van der Waals surface area contributed by atoms with Crippen LogP contribution in [0.5, 0.6) is 0 Å². The molecular weight excluding hydrogens is 294 g/mol. The molecule has 0 aliphatic heterocycles. The lowest BCUT2D eigenvalue weighted by molar-refractivity contribution is 0.1000. The Bertz CT molecular complexity index is 840. The number of carbonyl (C=O) groups is 1. The average molecular weight is 309 g/mol. The van der Waals surface area contributed by atoms with Gasteiger partial charge < -0.3 is 5.73 Å². The summed E-state index contributed by atoms with van der Waals surface area (Å²) in [7, 11) is 0. The largest absolute Gasteiger partial charge is 0.366 e. The molecule has 5 heteroatoms. The molecule has 0 aliphatic rings. The summed E-state index contributed by atoms with van der Waals surface area (Å²) < 4.78 is 0. The number of nitrogens with two attached hydrogens (primary N) is 1. The van der Waals surface area contributed by atoms with Crippen LogP contribution in [0.2, 0.25) is 0 Å². The van der Waals surface area contributed by atoms with E-state index in [0.717, 1.165) is 33.1 Å². The molecule has 22 heavy (non-hydrogen) atoms. The number of nitrogens with zero attached hydrogens (tertiary/aromatic N) is 2. The van der Waals surface area contributed by atoms with Gasteiger partial charge in [-0.05, 0) is 43.7 Å². The predicted octanol–water partition coefficient (Wildman–Crippen LogP) is 3.59. The van der Waals surface area contributed by atoms with Crippen molar-refractivity contribution < 1.29 is 4.79 Å². The van der Waals surface area contributed by atoms with Crippen LogP contribution in [0.15, 0.2) is 41.9 Å². The van der Waals surface area contributed by atoms with Gasteiger partial charge in [0.2, 0.25) is 5.91 Å². The maximum absolute atomic E-state index is 11.8. The summed E-state index contributed by atoms with van der Waals surface area (Å²) in [5.41, 5.74) is 10.4. The Labute approximate surface area is 132 Å². The molecular formula is C17H15N3OS. The zero-order valence-corrected chi connectivity index (χ0v) is 13.1. The number of primary amides is 1. The van der Waals surface area contributed by atoms with Gasteiger partial charge in [0.1, 0.15) is 5.01 Å². The summed E-state index contributed by atoms with van der Waals surface area (Å²) in [6, 6.07) is 9.50. The fourth-order valence-corrected chi connectivity index (χ4v) is 3.22. The highest BCUT2D eigenvalue weighted by Gasteiger charge is 2.16. The Morgan fingerprint density at radius 2 is 2.05 bits per heavy atom. The van der Waals surface area contributed by atoms with Gasteiger partial charge in [-0.1, -0.05) is 6.07 Å². The van der Waals surface area contributed by atoms with Crippen molar-refractivity contribution in [2.24, 2.45) is 5.73 Å². The number of carbonyl (C=O) groups excluding carboxylic acids is 1. The van der Waals surface area contributed by atoms with E-state index in [2.05, 4.69) is 9.97 Å². The van der Waals surface area contributed by atoms with Crippen molar-refractivity contribution >= 4 is 17.2 Å². The normalized spacial score (nSPS) is 10.6. The van der Waals surface area contributed by atoms with E-state index in [9.17, 15) is 4.79 Å². The minimum atomic E-state index is -0.440. The first kappa shape index (κ1) is 14.4. The van der Waals surface area contributed by atoms with Crippen LogP contribution < -0.4 is 5.73 Å². The second kappa shape index (κ2) is 5.69. The Hall–Kier alpha value is -2.53. The number of thiazole rings is 1. The van der Waals surface area contributed by atoms with Gasteiger partial charge in [-0.2, -0.15) is 0 Å². The highest BCUT2D eigenvalue weighted by Crippen LogP contribution is 2.33. The van der Waals surface area contributed by atoms with Crippen LogP contribution >= 0.6 is 11.3 Å². The van der Waals surface area contributed by atoms with E-state index < -0.39 is 5.91 Å². The third-order valence-electron chi connectivity index (χ3n) is 3.48. The van der Waals surface area contributed by atoms with Crippen LogP contribution in [0.1, 0.15) is 21.6 Å². The van der Waals surface area contributed by atoms with Crippen LogP contribution in [0.4, 0.5) is 0 Å². The monoisotopic (exact) mass is 309 g/mol. The molecule has 0 bridgehead atoms. The Balaban J connectivity index is 2.25. The number of pyridine rings is 1. The first-order valence-corrected chi connectivity index (χ1v) is 7.72. The summed E-state index contributed by atoms with van der Waals surface area (Å²) in [5.74, 6) is -0.440. The molecule has 0 unspecified atom stereocenters. The van der Waals surface area contributed by atoms with E-state index in [-0.39, 0.29) is 0 Å². The van der Waals surface area contributed by atoms with E-state index in [1.165, 1.54) is 0 Å². The first-order chi connectivity index (χ1) is 10.6. The molecule has 2 N–H and O–H groups in total. The molecule has 3 aromatic rings. The topological polar surface area (TPSA) is 68.9 Å². The molecule has 110 valence electrons. The van der Waals surface area contributed by atoms with Crippen molar-refractivity contribution in [1.29, 1.82) is 0 Å². The summed E-state index contributed by atoms with van der Waals surface area (Å²) in [6.45, 7) is 3.85. The SMILES string of the molecule is Cc1csc(-c2cc(-c3ccccn3)cc(C(N)=O)c2C)n1. The zero-order chi connectivity index (χ0) is 15.7. The molecule has 2 heterocycles. The van der Waals surface area contributed by atoms with Crippen molar-refractivity contribution in [3.63, 3.8) is 0 Å². The Morgan fingerprint density at radius 1 is 1.23 bits per heavy atom. The lowest BCUT2D eigenvalue weighted by atomic mass is 9.97. The molecule has 2 aromatic heterocycles. The van der Waals surface area contributed by atoms with Gasteiger partial charge in [-0.3, -0.25) is 9.78 Å². The van der Waals surface area contributed by atoms with Crippen LogP contribution in [-0.2, 0) is 0 Å². The highest BCUT2D eigenvalue weighted by atomic mass is 32.1. The molecule has 3 rings (SSSR count). The first-order valence-electron chi connectivity index (χ1n) is 6.84. The number of aromatic nitrogens is 2. The second-order valence-electron chi connectivity index (χ2n) is 5.07. The molecule has 1 aromatic carbocycles. The van der Waals surface area contributed by atoms with Gasteiger partial charge in [0.05, 0.1) is 5.69 Å². The van der Waals surface area contributed by atoms with E-state index in [1.807, 2.05) is 43.5 Å². The van der Waals surface area contributed by atoms with Gasteiger partial charge in [-0.25, -0.2) is 4.98 Å². The number of amides is 1. The minimum absolute atomic E-state index is 0.440. The van der Waals surface area contributed by atoms with Crippen molar-refractivity contribution in [3.05, 3.63) is 58.7 Å². The van der Waals surface area contributed by atoms with Gasteiger partial charge in [0.15, 0.2) is 0 Å². The maximum Gasteiger partial charge on any atom is 0.249 e. The van der Waals surface area contributed by atoms with Crippen molar-refractivity contribution in [2.45, 2.75) is 13.8 Å². The number of hydrogen-bond acceptors (Lipinski definition) is 4. The molecule has 1 amide bonds. The number of aryl methyl sites for hydroxylation is 1. The van der Waals surface area contributed by atoms with E-state index in [4.69, 9.17) is 5.73 Å². The lowest BCUT2D eigenvalue weighted by Crippen LogP contribution is -2.13. The Morgan fingerprint density at radius 3 is 2.64 bits per heavy atom. The Kier molecular flexibility index (Phi) is 3.73. The molecule has 0 atom stereocenters. The van der Waals surface area contributed by atoms with E-state index >= 15 is 0 Å². The summed E-state index contributed by atoms with van der Waals surface area (Å²) in [4.78, 5) is 20.7. The molecule has 4 nitrogen and oxygen atoms in total. The fraction of sp³-hybridized carbons (Fsp3) is 0.118. The third-order valence-corrected chi connectivity index (χ3v) is 4.48. The van der Waals surface area contributed by atoms with Crippen LogP contribution in [0.25, 0.3) is 21.8 Å². The fourth-order valence-electron chi connectivity index (χ4n) is 2.35. The standard InChI is InChI=1S/C17H15N3OS/c1-10-9-22-17(20-10)14-8-12(15-5-3-4-6-19-15)7-13(11(14)2)16(18)21/h3-9H,1-2H3,(H2,18,21).